The maximum Gasteiger partial charge on any atom is 0.119 e. The molecule has 1 aromatic carbocycles. The number of rotatable bonds is 3. The van der Waals surface area contributed by atoms with Crippen molar-refractivity contribution in [3.05, 3.63) is 29.3 Å². The first-order chi connectivity index (χ1) is 6.74. The normalized spacial score (nSPS) is 24.8. The first-order valence-electron chi connectivity index (χ1n) is 4.98. The quantitative estimate of drug-likeness (QED) is 0.748. The molecule has 14 heavy (non-hydrogen) atoms. The average Bonchev–Trinajstić information content (AvgIpc) is 2.94. The number of hydrogen-bond donors (Lipinski definition) is 0. The van der Waals surface area contributed by atoms with Crippen molar-refractivity contribution in [3.8, 4) is 5.75 Å². The van der Waals surface area contributed by atoms with Gasteiger partial charge in [-0.2, -0.15) is 0 Å². The summed E-state index contributed by atoms with van der Waals surface area (Å²) in [5, 5.41) is 0.901. The molecule has 2 heteroatoms. The second kappa shape index (κ2) is 3.93. The Kier molecular flexibility index (Phi) is 2.82. The van der Waals surface area contributed by atoms with Crippen LogP contribution < -0.4 is 4.74 Å². The van der Waals surface area contributed by atoms with E-state index in [2.05, 4.69) is 41.1 Å². The standard InChI is InChI=1S/C12H15BrO/c1-8-3-12(8)10-4-9(7-13)5-11(6-10)14-2/h4-6,8,12H,3,7H2,1-2H3/t8?,12-/m0/s1. The summed E-state index contributed by atoms with van der Waals surface area (Å²) in [5.74, 6) is 2.60. The zero-order chi connectivity index (χ0) is 10.1. The third-order valence-electron chi connectivity index (χ3n) is 2.92. The first kappa shape index (κ1) is 10.0. The summed E-state index contributed by atoms with van der Waals surface area (Å²) in [5.41, 5.74) is 2.74. The Hall–Kier alpha value is -0.500. The van der Waals surface area contributed by atoms with Gasteiger partial charge in [0.1, 0.15) is 5.75 Å². The molecule has 0 radical (unpaired) electrons. The second-order valence-electron chi connectivity index (χ2n) is 4.07. The molecule has 0 aliphatic heterocycles. The van der Waals surface area contributed by atoms with Crippen molar-refractivity contribution in [2.75, 3.05) is 7.11 Å². The zero-order valence-electron chi connectivity index (χ0n) is 8.59. The van der Waals surface area contributed by atoms with Gasteiger partial charge in [-0.25, -0.2) is 0 Å². The lowest BCUT2D eigenvalue weighted by molar-refractivity contribution is 0.414. The van der Waals surface area contributed by atoms with Crippen LogP contribution in [0.15, 0.2) is 18.2 Å². The van der Waals surface area contributed by atoms with Crippen molar-refractivity contribution >= 4 is 15.9 Å². The van der Waals surface area contributed by atoms with Gasteiger partial charge in [0.2, 0.25) is 0 Å². The van der Waals surface area contributed by atoms with Crippen LogP contribution in [0, 0.1) is 5.92 Å². The molecule has 1 unspecified atom stereocenters. The molecular formula is C12H15BrO. The third-order valence-corrected chi connectivity index (χ3v) is 3.56. The van der Waals surface area contributed by atoms with E-state index in [1.807, 2.05) is 0 Å². The summed E-state index contributed by atoms with van der Waals surface area (Å²) >= 11 is 3.48. The molecule has 0 aromatic heterocycles. The number of benzene rings is 1. The Morgan fingerprint density at radius 1 is 1.43 bits per heavy atom. The monoisotopic (exact) mass is 254 g/mol. The van der Waals surface area contributed by atoms with Gasteiger partial charge in [0.15, 0.2) is 0 Å². The van der Waals surface area contributed by atoms with E-state index in [1.54, 1.807) is 7.11 Å². The predicted octanol–water partition coefficient (Wildman–Crippen LogP) is 3.71. The van der Waals surface area contributed by atoms with Gasteiger partial charge in [-0.15, -0.1) is 0 Å². The van der Waals surface area contributed by atoms with Crippen molar-refractivity contribution < 1.29 is 4.74 Å². The van der Waals surface area contributed by atoms with E-state index in [0.717, 1.165) is 22.9 Å². The highest BCUT2D eigenvalue weighted by atomic mass is 79.9. The largest absolute Gasteiger partial charge is 0.497 e. The molecule has 0 spiro atoms. The van der Waals surface area contributed by atoms with Crippen LogP contribution in [-0.2, 0) is 5.33 Å². The molecule has 1 nitrogen and oxygen atoms in total. The fraction of sp³-hybridized carbons (Fsp3) is 0.500. The van der Waals surface area contributed by atoms with Gasteiger partial charge in [-0.1, -0.05) is 28.9 Å². The van der Waals surface area contributed by atoms with Crippen molar-refractivity contribution in [2.45, 2.75) is 24.6 Å². The minimum Gasteiger partial charge on any atom is -0.497 e. The number of halogens is 1. The number of methoxy groups -OCH3 is 1. The highest BCUT2D eigenvalue weighted by Crippen LogP contribution is 2.47. The van der Waals surface area contributed by atoms with Crippen LogP contribution >= 0.6 is 15.9 Å². The molecule has 0 saturated heterocycles. The summed E-state index contributed by atoms with van der Waals surface area (Å²) in [6.07, 6.45) is 1.33. The van der Waals surface area contributed by atoms with E-state index < -0.39 is 0 Å². The molecule has 0 bridgehead atoms. The molecule has 0 N–H and O–H groups in total. The Labute approximate surface area is 93.6 Å². The lowest BCUT2D eigenvalue weighted by Crippen LogP contribution is -1.90. The molecule has 1 fully saturated rings. The molecule has 1 aliphatic rings. The minimum absolute atomic E-state index is 0.767. The summed E-state index contributed by atoms with van der Waals surface area (Å²) in [6.45, 7) is 2.30. The lowest BCUT2D eigenvalue weighted by atomic mass is 10.1. The third kappa shape index (κ3) is 1.95. The molecule has 0 amide bonds. The van der Waals surface area contributed by atoms with Crippen molar-refractivity contribution in [2.24, 2.45) is 5.92 Å². The van der Waals surface area contributed by atoms with Gasteiger partial charge < -0.3 is 4.74 Å². The Balaban J connectivity index is 2.30. The van der Waals surface area contributed by atoms with E-state index in [0.29, 0.717) is 0 Å². The highest BCUT2D eigenvalue weighted by Gasteiger charge is 2.34. The molecule has 1 saturated carbocycles. The highest BCUT2D eigenvalue weighted by molar-refractivity contribution is 9.08. The molecule has 2 atom stereocenters. The zero-order valence-corrected chi connectivity index (χ0v) is 10.2. The summed E-state index contributed by atoms with van der Waals surface area (Å²) in [7, 11) is 1.73. The van der Waals surface area contributed by atoms with E-state index in [1.165, 1.54) is 17.5 Å². The Morgan fingerprint density at radius 2 is 2.14 bits per heavy atom. The van der Waals surface area contributed by atoms with Crippen LogP contribution in [0.25, 0.3) is 0 Å². The van der Waals surface area contributed by atoms with E-state index in [4.69, 9.17) is 4.74 Å². The molecule has 1 aliphatic carbocycles. The fourth-order valence-corrected chi connectivity index (χ4v) is 2.21. The van der Waals surface area contributed by atoms with Crippen LogP contribution in [-0.4, -0.2) is 7.11 Å². The maximum atomic E-state index is 5.29. The van der Waals surface area contributed by atoms with E-state index >= 15 is 0 Å². The van der Waals surface area contributed by atoms with E-state index in [9.17, 15) is 0 Å². The van der Waals surface area contributed by atoms with Gasteiger partial charge in [-0.05, 0) is 41.5 Å². The van der Waals surface area contributed by atoms with Crippen LogP contribution in [0.1, 0.15) is 30.4 Å². The average molecular weight is 255 g/mol. The molecule has 1 aromatic rings. The summed E-state index contributed by atoms with van der Waals surface area (Å²) < 4.78 is 5.29. The van der Waals surface area contributed by atoms with Crippen molar-refractivity contribution in [1.82, 2.24) is 0 Å². The van der Waals surface area contributed by atoms with Crippen LogP contribution in [0.5, 0.6) is 5.75 Å². The van der Waals surface area contributed by atoms with Gasteiger partial charge in [0.25, 0.3) is 0 Å². The van der Waals surface area contributed by atoms with Crippen LogP contribution in [0.2, 0.25) is 0 Å². The van der Waals surface area contributed by atoms with Crippen molar-refractivity contribution in [3.63, 3.8) is 0 Å². The summed E-state index contributed by atoms with van der Waals surface area (Å²) in [4.78, 5) is 0. The number of alkyl halides is 1. The first-order valence-corrected chi connectivity index (χ1v) is 6.10. The molecule has 2 rings (SSSR count). The molecule has 0 heterocycles. The van der Waals surface area contributed by atoms with Gasteiger partial charge >= 0.3 is 0 Å². The maximum absolute atomic E-state index is 5.29. The van der Waals surface area contributed by atoms with Gasteiger partial charge in [-0.3, -0.25) is 0 Å². The predicted molar refractivity (Wildman–Crippen MR) is 62.1 cm³/mol. The van der Waals surface area contributed by atoms with Crippen molar-refractivity contribution in [1.29, 1.82) is 0 Å². The van der Waals surface area contributed by atoms with Gasteiger partial charge in [0, 0.05) is 5.33 Å². The lowest BCUT2D eigenvalue weighted by Gasteiger charge is -2.06. The smallest absolute Gasteiger partial charge is 0.119 e. The topological polar surface area (TPSA) is 9.23 Å². The Morgan fingerprint density at radius 3 is 2.64 bits per heavy atom. The minimum atomic E-state index is 0.767. The molecular weight excluding hydrogens is 240 g/mol. The molecule has 76 valence electrons. The Bertz CT molecular complexity index is 313. The number of ether oxygens (including phenoxy) is 1. The van der Waals surface area contributed by atoms with Gasteiger partial charge in [0.05, 0.1) is 7.11 Å². The summed E-state index contributed by atoms with van der Waals surface area (Å²) in [6, 6.07) is 6.54. The fourth-order valence-electron chi connectivity index (χ4n) is 1.88. The van der Waals surface area contributed by atoms with Crippen LogP contribution in [0.3, 0.4) is 0 Å². The SMILES string of the molecule is COc1cc(CBr)cc([C@H]2CC2C)c1. The van der Waals surface area contributed by atoms with E-state index in [-0.39, 0.29) is 0 Å². The number of hydrogen-bond acceptors (Lipinski definition) is 1. The second-order valence-corrected chi connectivity index (χ2v) is 4.63. The van der Waals surface area contributed by atoms with Crippen LogP contribution in [0.4, 0.5) is 0 Å².